The van der Waals surface area contributed by atoms with Crippen LogP contribution in [0.4, 0.5) is 10.6 Å². The Morgan fingerprint density at radius 3 is 2.47 bits per heavy atom. The molecule has 0 saturated carbocycles. The fourth-order valence-corrected chi connectivity index (χ4v) is 3.93. The van der Waals surface area contributed by atoms with Gasteiger partial charge < -0.3 is 19.9 Å². The highest BCUT2D eigenvalue weighted by atomic mass is 16.5. The van der Waals surface area contributed by atoms with Gasteiger partial charge in [-0.3, -0.25) is 0 Å². The van der Waals surface area contributed by atoms with Crippen molar-refractivity contribution in [1.29, 1.82) is 0 Å². The number of urea groups is 1. The van der Waals surface area contributed by atoms with Crippen LogP contribution < -0.4 is 15.0 Å². The standard InChI is InChI=1S/C25H31N5O2/c1-17(2)24-27-18(3)13-23(28-24)29-9-11-30(12-10-29)25(31)26-16-19-5-6-21-15-22(32-4)8-7-20(21)14-19/h5-8,13-15,17H,9-12,16H2,1-4H3,(H,26,31). The van der Waals surface area contributed by atoms with E-state index in [9.17, 15) is 4.79 Å². The monoisotopic (exact) mass is 433 g/mol. The first-order valence-electron chi connectivity index (χ1n) is 11.1. The van der Waals surface area contributed by atoms with Crippen molar-refractivity contribution in [1.82, 2.24) is 20.2 Å². The molecule has 1 saturated heterocycles. The smallest absolute Gasteiger partial charge is 0.317 e. The van der Waals surface area contributed by atoms with E-state index in [-0.39, 0.29) is 11.9 Å². The van der Waals surface area contributed by atoms with E-state index >= 15 is 0 Å². The van der Waals surface area contributed by atoms with Crippen LogP contribution in [0.15, 0.2) is 42.5 Å². The van der Waals surface area contributed by atoms with Gasteiger partial charge in [0.2, 0.25) is 0 Å². The van der Waals surface area contributed by atoms with Crippen molar-refractivity contribution in [3.63, 3.8) is 0 Å². The van der Waals surface area contributed by atoms with Crippen LogP contribution in [0, 0.1) is 6.92 Å². The van der Waals surface area contributed by atoms with E-state index in [1.807, 2.05) is 42.2 Å². The molecule has 1 fully saturated rings. The quantitative estimate of drug-likeness (QED) is 0.656. The Kier molecular flexibility index (Phi) is 6.44. The van der Waals surface area contributed by atoms with E-state index in [1.54, 1.807) is 7.11 Å². The molecule has 2 aromatic carbocycles. The average Bonchev–Trinajstić information content (AvgIpc) is 2.81. The molecule has 3 aromatic rings. The molecule has 4 rings (SSSR count). The minimum Gasteiger partial charge on any atom is -0.497 e. The zero-order chi connectivity index (χ0) is 22.7. The summed E-state index contributed by atoms with van der Waals surface area (Å²) in [5, 5.41) is 5.31. The fraction of sp³-hybridized carbons (Fsp3) is 0.400. The molecular formula is C25H31N5O2. The van der Waals surface area contributed by atoms with Gasteiger partial charge in [-0.1, -0.05) is 32.0 Å². The summed E-state index contributed by atoms with van der Waals surface area (Å²) in [6.45, 7) is 9.58. The van der Waals surface area contributed by atoms with E-state index in [2.05, 4.69) is 41.2 Å². The molecule has 1 N–H and O–H groups in total. The van der Waals surface area contributed by atoms with E-state index in [0.29, 0.717) is 19.6 Å². The van der Waals surface area contributed by atoms with Gasteiger partial charge in [0.25, 0.3) is 0 Å². The SMILES string of the molecule is COc1ccc2cc(CNC(=O)N3CCN(c4cc(C)nc(C(C)C)n4)CC3)ccc2c1. The molecule has 0 aliphatic carbocycles. The zero-order valence-corrected chi connectivity index (χ0v) is 19.3. The molecule has 0 unspecified atom stereocenters. The van der Waals surface area contributed by atoms with Crippen LogP contribution in [0.5, 0.6) is 5.75 Å². The summed E-state index contributed by atoms with van der Waals surface area (Å²) < 4.78 is 5.28. The Labute approximate surface area is 189 Å². The lowest BCUT2D eigenvalue weighted by molar-refractivity contribution is 0.194. The molecule has 32 heavy (non-hydrogen) atoms. The molecule has 0 bridgehead atoms. The van der Waals surface area contributed by atoms with Crippen molar-refractivity contribution in [3.8, 4) is 5.75 Å². The highest BCUT2D eigenvalue weighted by Gasteiger charge is 2.22. The number of anilines is 1. The first-order chi connectivity index (χ1) is 15.4. The molecule has 1 aromatic heterocycles. The number of carbonyl (C=O) groups excluding carboxylic acids is 1. The molecule has 2 heterocycles. The summed E-state index contributed by atoms with van der Waals surface area (Å²) >= 11 is 0. The molecule has 7 nitrogen and oxygen atoms in total. The lowest BCUT2D eigenvalue weighted by atomic mass is 10.1. The highest BCUT2D eigenvalue weighted by Crippen LogP contribution is 2.22. The third kappa shape index (κ3) is 4.93. The molecule has 0 radical (unpaired) electrons. The number of amides is 2. The van der Waals surface area contributed by atoms with Crippen molar-refractivity contribution >= 4 is 22.6 Å². The molecule has 1 aliphatic heterocycles. The zero-order valence-electron chi connectivity index (χ0n) is 19.3. The van der Waals surface area contributed by atoms with Gasteiger partial charge in [-0.05, 0) is 41.5 Å². The highest BCUT2D eigenvalue weighted by molar-refractivity contribution is 5.84. The van der Waals surface area contributed by atoms with Gasteiger partial charge in [-0.2, -0.15) is 0 Å². The minimum atomic E-state index is -0.0267. The minimum absolute atomic E-state index is 0.0267. The number of nitrogens with zero attached hydrogens (tertiary/aromatic N) is 4. The number of aromatic nitrogens is 2. The molecule has 0 spiro atoms. The first-order valence-corrected chi connectivity index (χ1v) is 11.1. The van der Waals surface area contributed by atoms with E-state index in [1.165, 1.54) is 0 Å². The number of nitrogens with one attached hydrogen (secondary N) is 1. The molecule has 168 valence electrons. The van der Waals surface area contributed by atoms with Crippen molar-refractivity contribution in [3.05, 3.63) is 59.5 Å². The number of carbonyl (C=O) groups is 1. The maximum Gasteiger partial charge on any atom is 0.317 e. The third-order valence-corrected chi connectivity index (χ3v) is 5.82. The van der Waals surface area contributed by atoms with Gasteiger partial charge in [0, 0.05) is 50.4 Å². The number of methoxy groups -OCH3 is 1. The summed E-state index contributed by atoms with van der Waals surface area (Å²) in [5.74, 6) is 2.95. The second-order valence-electron chi connectivity index (χ2n) is 8.56. The topological polar surface area (TPSA) is 70.6 Å². The number of aryl methyl sites for hydroxylation is 1. The van der Waals surface area contributed by atoms with Gasteiger partial charge in [0.15, 0.2) is 0 Å². The third-order valence-electron chi connectivity index (χ3n) is 5.82. The second kappa shape index (κ2) is 9.42. The van der Waals surface area contributed by atoms with Gasteiger partial charge in [0.1, 0.15) is 17.4 Å². The van der Waals surface area contributed by atoms with Gasteiger partial charge in [-0.25, -0.2) is 14.8 Å². The largest absolute Gasteiger partial charge is 0.497 e. The Hall–Kier alpha value is -3.35. The molecular weight excluding hydrogens is 402 g/mol. The van der Waals surface area contributed by atoms with Crippen LogP contribution >= 0.6 is 0 Å². The van der Waals surface area contributed by atoms with E-state index < -0.39 is 0 Å². The van der Waals surface area contributed by atoms with Crippen LogP contribution in [0.2, 0.25) is 0 Å². The van der Waals surface area contributed by atoms with Crippen LogP contribution in [-0.4, -0.2) is 54.2 Å². The number of benzene rings is 2. The van der Waals surface area contributed by atoms with Gasteiger partial charge in [-0.15, -0.1) is 0 Å². The number of hydrogen-bond acceptors (Lipinski definition) is 5. The lowest BCUT2D eigenvalue weighted by Crippen LogP contribution is -2.52. The summed E-state index contributed by atoms with van der Waals surface area (Å²) in [5.41, 5.74) is 2.06. The second-order valence-corrected chi connectivity index (χ2v) is 8.56. The predicted molar refractivity (Wildman–Crippen MR) is 127 cm³/mol. The van der Waals surface area contributed by atoms with Crippen LogP contribution in [0.3, 0.4) is 0 Å². The van der Waals surface area contributed by atoms with Crippen molar-refractivity contribution < 1.29 is 9.53 Å². The molecule has 1 aliphatic rings. The predicted octanol–water partition coefficient (Wildman–Crippen LogP) is 4.10. The van der Waals surface area contributed by atoms with Crippen LogP contribution in [0.1, 0.15) is 36.8 Å². The molecule has 2 amide bonds. The normalized spacial score (nSPS) is 14.2. The first kappa shape index (κ1) is 21.9. The van der Waals surface area contributed by atoms with Crippen molar-refractivity contribution in [2.75, 3.05) is 38.2 Å². The number of rotatable bonds is 5. The molecule has 0 atom stereocenters. The van der Waals surface area contributed by atoms with Crippen molar-refractivity contribution in [2.24, 2.45) is 0 Å². The number of fused-ring (bicyclic) bond motifs is 1. The Balaban J connectivity index is 1.32. The summed E-state index contributed by atoms with van der Waals surface area (Å²) in [6, 6.07) is 14.2. The van der Waals surface area contributed by atoms with Gasteiger partial charge in [0.05, 0.1) is 7.11 Å². The maximum absolute atomic E-state index is 12.7. The van der Waals surface area contributed by atoms with E-state index in [0.717, 1.165) is 52.5 Å². The average molecular weight is 434 g/mol. The fourth-order valence-electron chi connectivity index (χ4n) is 3.93. The Morgan fingerprint density at radius 1 is 1.03 bits per heavy atom. The Morgan fingerprint density at radius 2 is 1.75 bits per heavy atom. The van der Waals surface area contributed by atoms with Crippen molar-refractivity contribution in [2.45, 2.75) is 33.2 Å². The van der Waals surface area contributed by atoms with E-state index in [4.69, 9.17) is 9.72 Å². The number of hydrogen-bond donors (Lipinski definition) is 1. The lowest BCUT2D eigenvalue weighted by Gasteiger charge is -2.35. The summed E-state index contributed by atoms with van der Waals surface area (Å²) in [7, 11) is 1.67. The summed E-state index contributed by atoms with van der Waals surface area (Å²) in [6.07, 6.45) is 0. The summed E-state index contributed by atoms with van der Waals surface area (Å²) in [4.78, 5) is 26.1. The van der Waals surface area contributed by atoms with Gasteiger partial charge >= 0.3 is 6.03 Å². The number of ether oxygens (including phenoxy) is 1. The maximum atomic E-state index is 12.7. The van der Waals surface area contributed by atoms with Crippen LogP contribution in [0.25, 0.3) is 10.8 Å². The number of piperazine rings is 1. The molecule has 7 heteroatoms. The Bertz CT molecular complexity index is 1110. The van der Waals surface area contributed by atoms with Crippen LogP contribution in [-0.2, 0) is 6.54 Å².